The average molecular weight is 390 g/mol. The molecule has 5 nitrogen and oxygen atoms in total. The van der Waals surface area contributed by atoms with Gasteiger partial charge in [-0.3, -0.25) is 9.59 Å². The van der Waals surface area contributed by atoms with Gasteiger partial charge in [0, 0.05) is 37.6 Å². The second-order valence-corrected chi connectivity index (χ2v) is 8.71. The molecule has 1 aromatic rings. The molecule has 2 amide bonds. The number of nitrogens with zero attached hydrogens (tertiary/aromatic N) is 2. The number of rotatable bonds is 6. The third-order valence-corrected chi connectivity index (χ3v) is 6.65. The topological polar surface area (TPSA) is 52.7 Å². The van der Waals surface area contributed by atoms with Crippen LogP contribution < -0.4 is 5.32 Å². The quantitative estimate of drug-likeness (QED) is 0.760. The molecule has 27 heavy (non-hydrogen) atoms. The zero-order valence-electron chi connectivity index (χ0n) is 16.3. The van der Waals surface area contributed by atoms with Crippen molar-refractivity contribution in [1.82, 2.24) is 15.1 Å². The van der Waals surface area contributed by atoms with E-state index >= 15 is 0 Å². The molecule has 0 radical (unpaired) electrons. The molecule has 1 saturated heterocycles. The molecule has 0 aromatic heterocycles. The molecule has 1 aliphatic carbocycles. The van der Waals surface area contributed by atoms with Crippen molar-refractivity contribution in [2.75, 3.05) is 45.5 Å². The van der Waals surface area contributed by atoms with Crippen LogP contribution in [0.4, 0.5) is 0 Å². The molecule has 0 spiro atoms. The maximum Gasteiger partial charge on any atom is 0.255 e. The average Bonchev–Trinajstić information content (AvgIpc) is 2.72. The third kappa shape index (κ3) is 5.98. The molecule has 1 heterocycles. The van der Waals surface area contributed by atoms with Crippen molar-refractivity contribution in [1.29, 1.82) is 0 Å². The summed E-state index contributed by atoms with van der Waals surface area (Å²) in [5.74, 6) is 1.14. The van der Waals surface area contributed by atoms with Crippen molar-refractivity contribution in [3.63, 3.8) is 0 Å². The number of hydrogen-bond acceptors (Lipinski definition) is 4. The summed E-state index contributed by atoms with van der Waals surface area (Å²) in [6.07, 6.45) is 6.37. The summed E-state index contributed by atoms with van der Waals surface area (Å²) in [6.45, 7) is 4.13. The van der Waals surface area contributed by atoms with Crippen LogP contribution in [0.2, 0.25) is 0 Å². The smallest absolute Gasteiger partial charge is 0.255 e. The molecule has 2 aliphatic rings. The monoisotopic (exact) mass is 389 g/mol. The lowest BCUT2D eigenvalue weighted by atomic mass is 9.89. The SMILES string of the molecule is CN1CCN(C(=O)c2ccccc2SCC(=O)NCC2CCCCC2)CC1. The van der Waals surface area contributed by atoms with Crippen molar-refractivity contribution in [2.45, 2.75) is 37.0 Å². The lowest BCUT2D eigenvalue weighted by Gasteiger charge is -2.32. The van der Waals surface area contributed by atoms with E-state index in [-0.39, 0.29) is 11.8 Å². The zero-order chi connectivity index (χ0) is 19.1. The van der Waals surface area contributed by atoms with Gasteiger partial charge in [-0.05, 0) is 37.9 Å². The van der Waals surface area contributed by atoms with Crippen LogP contribution in [0.3, 0.4) is 0 Å². The molecular formula is C21H31N3O2S. The number of piperazine rings is 1. The third-order valence-electron chi connectivity index (χ3n) is 5.58. The van der Waals surface area contributed by atoms with E-state index in [4.69, 9.17) is 0 Å². The highest BCUT2D eigenvalue weighted by molar-refractivity contribution is 8.00. The molecule has 1 aromatic carbocycles. The maximum absolute atomic E-state index is 12.9. The highest BCUT2D eigenvalue weighted by Crippen LogP contribution is 2.25. The molecule has 0 unspecified atom stereocenters. The van der Waals surface area contributed by atoms with Gasteiger partial charge in [-0.2, -0.15) is 0 Å². The predicted octanol–water partition coefficient (Wildman–Crippen LogP) is 2.86. The van der Waals surface area contributed by atoms with Crippen molar-refractivity contribution in [2.24, 2.45) is 5.92 Å². The zero-order valence-corrected chi connectivity index (χ0v) is 17.1. The van der Waals surface area contributed by atoms with E-state index in [2.05, 4.69) is 17.3 Å². The fourth-order valence-electron chi connectivity index (χ4n) is 3.79. The van der Waals surface area contributed by atoms with E-state index < -0.39 is 0 Å². The summed E-state index contributed by atoms with van der Waals surface area (Å²) >= 11 is 1.46. The van der Waals surface area contributed by atoms with Crippen LogP contribution >= 0.6 is 11.8 Å². The van der Waals surface area contributed by atoms with Gasteiger partial charge in [0.25, 0.3) is 5.91 Å². The molecule has 0 bridgehead atoms. The Kier molecular flexibility index (Phi) is 7.59. The lowest BCUT2D eigenvalue weighted by molar-refractivity contribution is -0.118. The van der Waals surface area contributed by atoms with E-state index in [0.717, 1.165) is 37.6 Å². The van der Waals surface area contributed by atoms with Crippen LogP contribution in [0.5, 0.6) is 0 Å². The normalized spacial score (nSPS) is 19.1. The Labute approximate surface area is 166 Å². The standard InChI is InChI=1S/C21H31N3O2S/c1-23-11-13-24(14-12-23)21(26)18-9-5-6-10-19(18)27-16-20(25)22-15-17-7-3-2-4-8-17/h5-6,9-10,17H,2-4,7-8,11-16H2,1H3,(H,22,25). The van der Waals surface area contributed by atoms with Gasteiger partial charge < -0.3 is 15.1 Å². The minimum Gasteiger partial charge on any atom is -0.355 e. The highest BCUT2D eigenvalue weighted by Gasteiger charge is 2.22. The molecular weight excluding hydrogens is 358 g/mol. The van der Waals surface area contributed by atoms with Crippen molar-refractivity contribution in [3.05, 3.63) is 29.8 Å². The van der Waals surface area contributed by atoms with Crippen LogP contribution in [-0.2, 0) is 4.79 Å². The first-order valence-electron chi connectivity index (χ1n) is 10.1. The van der Waals surface area contributed by atoms with Gasteiger partial charge in [-0.15, -0.1) is 11.8 Å². The van der Waals surface area contributed by atoms with Crippen molar-refractivity contribution >= 4 is 23.6 Å². The van der Waals surface area contributed by atoms with E-state index in [9.17, 15) is 9.59 Å². The number of benzene rings is 1. The van der Waals surface area contributed by atoms with Crippen LogP contribution in [0.15, 0.2) is 29.2 Å². The van der Waals surface area contributed by atoms with E-state index in [0.29, 0.717) is 17.2 Å². The summed E-state index contributed by atoms with van der Waals surface area (Å²) in [5, 5.41) is 3.08. The Balaban J connectivity index is 1.51. The number of carbonyl (C=O) groups is 2. The number of likely N-dealkylation sites (N-methyl/N-ethyl adjacent to an activating group) is 1. The fraction of sp³-hybridized carbons (Fsp3) is 0.619. The minimum absolute atomic E-state index is 0.0624. The van der Waals surface area contributed by atoms with Gasteiger partial charge in [-0.1, -0.05) is 31.4 Å². The second kappa shape index (κ2) is 10.1. The summed E-state index contributed by atoms with van der Waals surface area (Å²) < 4.78 is 0. The van der Waals surface area contributed by atoms with Gasteiger partial charge >= 0.3 is 0 Å². The summed E-state index contributed by atoms with van der Waals surface area (Å²) in [4.78, 5) is 30.2. The second-order valence-electron chi connectivity index (χ2n) is 7.69. The van der Waals surface area contributed by atoms with E-state index in [1.54, 1.807) is 0 Å². The summed E-state index contributed by atoms with van der Waals surface area (Å²) in [7, 11) is 2.08. The Bertz CT molecular complexity index is 638. The summed E-state index contributed by atoms with van der Waals surface area (Å²) in [5.41, 5.74) is 0.715. The maximum atomic E-state index is 12.9. The first-order valence-corrected chi connectivity index (χ1v) is 11.1. The predicted molar refractivity (Wildman–Crippen MR) is 110 cm³/mol. The van der Waals surface area contributed by atoms with E-state index in [1.165, 1.54) is 43.9 Å². The number of carbonyl (C=O) groups excluding carboxylic acids is 2. The number of hydrogen-bond donors (Lipinski definition) is 1. The molecule has 0 atom stereocenters. The van der Waals surface area contributed by atoms with Crippen LogP contribution in [0.25, 0.3) is 0 Å². The molecule has 6 heteroatoms. The van der Waals surface area contributed by atoms with Crippen molar-refractivity contribution < 1.29 is 9.59 Å². The molecule has 1 aliphatic heterocycles. The Morgan fingerprint density at radius 2 is 1.78 bits per heavy atom. The molecule has 1 N–H and O–H groups in total. The lowest BCUT2D eigenvalue weighted by Crippen LogP contribution is -2.47. The van der Waals surface area contributed by atoms with E-state index in [1.807, 2.05) is 29.2 Å². The Morgan fingerprint density at radius 3 is 2.52 bits per heavy atom. The molecule has 3 rings (SSSR count). The van der Waals surface area contributed by atoms with Crippen LogP contribution in [0.1, 0.15) is 42.5 Å². The number of nitrogens with one attached hydrogen (secondary N) is 1. The van der Waals surface area contributed by atoms with Crippen LogP contribution in [0, 0.1) is 5.92 Å². The Hall–Kier alpha value is -1.53. The van der Waals surface area contributed by atoms with Crippen LogP contribution in [-0.4, -0.2) is 67.1 Å². The Morgan fingerprint density at radius 1 is 1.07 bits per heavy atom. The van der Waals surface area contributed by atoms with Gasteiger partial charge in [0.2, 0.25) is 5.91 Å². The fourth-order valence-corrected chi connectivity index (χ4v) is 4.67. The molecule has 148 valence electrons. The molecule has 1 saturated carbocycles. The van der Waals surface area contributed by atoms with Crippen molar-refractivity contribution in [3.8, 4) is 0 Å². The first-order chi connectivity index (χ1) is 13.1. The van der Waals surface area contributed by atoms with Gasteiger partial charge in [0.1, 0.15) is 0 Å². The highest BCUT2D eigenvalue weighted by atomic mass is 32.2. The largest absolute Gasteiger partial charge is 0.355 e. The van der Waals surface area contributed by atoms with Gasteiger partial charge in [0.05, 0.1) is 11.3 Å². The first kappa shape index (κ1) is 20.2. The molecule has 2 fully saturated rings. The summed E-state index contributed by atoms with van der Waals surface area (Å²) in [6, 6.07) is 7.66. The number of amides is 2. The minimum atomic E-state index is 0.0624. The van der Waals surface area contributed by atoms with Gasteiger partial charge in [0.15, 0.2) is 0 Å². The number of thioether (sulfide) groups is 1. The van der Waals surface area contributed by atoms with Gasteiger partial charge in [-0.25, -0.2) is 0 Å².